The summed E-state index contributed by atoms with van der Waals surface area (Å²) in [7, 11) is 0. The molecule has 0 saturated carbocycles. The predicted octanol–water partition coefficient (Wildman–Crippen LogP) is 5.56. The summed E-state index contributed by atoms with van der Waals surface area (Å²) < 4.78 is 12.8. The van der Waals surface area contributed by atoms with Crippen LogP contribution in [0.3, 0.4) is 0 Å². The third-order valence-corrected chi connectivity index (χ3v) is 5.29. The first-order valence-electron chi connectivity index (χ1n) is 11.0. The highest BCUT2D eigenvalue weighted by Gasteiger charge is 2.15. The second-order valence-corrected chi connectivity index (χ2v) is 7.99. The van der Waals surface area contributed by atoms with Gasteiger partial charge >= 0.3 is 6.01 Å². The molecule has 34 heavy (non-hydrogen) atoms. The van der Waals surface area contributed by atoms with Gasteiger partial charge in [-0.3, -0.25) is 4.79 Å². The Bertz CT molecular complexity index is 1240. The minimum absolute atomic E-state index is 0.212. The standard InChI is InChI=1S/C26H25ClN4O3/c1-3-33-16-17-34-26-29-24(19-6-4-18(2)5-7-19)31(30-26)23-14-12-22(13-15-23)28-25(32)20-8-10-21(27)11-9-20/h4-15H,3,16-17H2,1-2H3,(H,28,32). The van der Waals surface area contributed by atoms with Crippen molar-refractivity contribution in [2.45, 2.75) is 13.8 Å². The number of halogens is 1. The van der Waals surface area contributed by atoms with E-state index in [1.54, 1.807) is 28.9 Å². The maximum absolute atomic E-state index is 12.5. The normalized spacial score (nSPS) is 10.8. The summed E-state index contributed by atoms with van der Waals surface area (Å²) in [4.78, 5) is 17.1. The van der Waals surface area contributed by atoms with Crippen LogP contribution in [-0.2, 0) is 4.74 Å². The van der Waals surface area contributed by atoms with Gasteiger partial charge < -0.3 is 14.8 Å². The number of hydrogen-bond acceptors (Lipinski definition) is 5. The van der Waals surface area contributed by atoms with Crippen LogP contribution in [0.25, 0.3) is 17.1 Å². The first kappa shape index (κ1) is 23.5. The minimum atomic E-state index is -0.212. The Hall–Kier alpha value is -3.68. The first-order valence-corrected chi connectivity index (χ1v) is 11.3. The second kappa shape index (κ2) is 11.0. The zero-order valence-electron chi connectivity index (χ0n) is 19.0. The quantitative estimate of drug-likeness (QED) is 0.320. The third-order valence-electron chi connectivity index (χ3n) is 5.04. The Morgan fingerprint density at radius 2 is 1.68 bits per heavy atom. The van der Waals surface area contributed by atoms with Crippen molar-refractivity contribution < 1.29 is 14.3 Å². The Labute approximate surface area is 203 Å². The van der Waals surface area contributed by atoms with Crippen LogP contribution in [0.15, 0.2) is 72.8 Å². The molecule has 0 aliphatic heterocycles. The fourth-order valence-corrected chi connectivity index (χ4v) is 3.38. The van der Waals surface area contributed by atoms with Crippen LogP contribution in [0.2, 0.25) is 5.02 Å². The van der Waals surface area contributed by atoms with E-state index in [0.717, 1.165) is 16.8 Å². The Kier molecular flexibility index (Phi) is 7.57. The summed E-state index contributed by atoms with van der Waals surface area (Å²) >= 11 is 5.90. The van der Waals surface area contributed by atoms with Crippen LogP contribution in [-0.4, -0.2) is 40.5 Å². The van der Waals surface area contributed by atoms with Gasteiger partial charge in [-0.1, -0.05) is 41.4 Å². The van der Waals surface area contributed by atoms with Crippen LogP contribution in [0.5, 0.6) is 6.01 Å². The van der Waals surface area contributed by atoms with Gasteiger partial charge in [-0.05, 0) is 62.4 Å². The van der Waals surface area contributed by atoms with Crippen molar-refractivity contribution in [1.29, 1.82) is 0 Å². The van der Waals surface area contributed by atoms with Gasteiger partial charge in [-0.15, -0.1) is 5.10 Å². The zero-order valence-corrected chi connectivity index (χ0v) is 19.7. The summed E-state index contributed by atoms with van der Waals surface area (Å²) in [5.74, 6) is 0.444. The Morgan fingerprint density at radius 3 is 2.35 bits per heavy atom. The molecule has 7 nitrogen and oxygen atoms in total. The molecule has 8 heteroatoms. The lowest BCUT2D eigenvalue weighted by Crippen LogP contribution is -2.11. The van der Waals surface area contributed by atoms with E-state index in [-0.39, 0.29) is 11.9 Å². The summed E-state index contributed by atoms with van der Waals surface area (Å²) in [5, 5.41) is 8.02. The summed E-state index contributed by atoms with van der Waals surface area (Å²) in [5.41, 5.74) is 4.04. The number of aromatic nitrogens is 3. The maximum Gasteiger partial charge on any atom is 0.336 e. The minimum Gasteiger partial charge on any atom is -0.460 e. The van der Waals surface area contributed by atoms with Crippen LogP contribution in [0, 0.1) is 6.92 Å². The largest absolute Gasteiger partial charge is 0.460 e. The molecule has 0 spiro atoms. The highest BCUT2D eigenvalue weighted by molar-refractivity contribution is 6.30. The number of anilines is 1. The molecule has 0 saturated heterocycles. The van der Waals surface area contributed by atoms with Crippen molar-refractivity contribution in [3.8, 4) is 23.1 Å². The van der Waals surface area contributed by atoms with Crippen molar-refractivity contribution in [2.75, 3.05) is 25.1 Å². The molecule has 174 valence electrons. The molecule has 1 amide bonds. The van der Waals surface area contributed by atoms with Crippen LogP contribution < -0.4 is 10.1 Å². The van der Waals surface area contributed by atoms with E-state index in [0.29, 0.717) is 41.9 Å². The molecular weight excluding hydrogens is 452 g/mol. The first-order chi connectivity index (χ1) is 16.5. The number of amides is 1. The van der Waals surface area contributed by atoms with E-state index in [2.05, 4.69) is 15.4 Å². The summed E-state index contributed by atoms with van der Waals surface area (Å²) in [6.45, 7) is 5.42. The van der Waals surface area contributed by atoms with E-state index in [1.165, 1.54) is 0 Å². The third kappa shape index (κ3) is 5.81. The van der Waals surface area contributed by atoms with Crippen LogP contribution in [0.4, 0.5) is 5.69 Å². The molecule has 1 heterocycles. The Morgan fingerprint density at radius 1 is 0.971 bits per heavy atom. The monoisotopic (exact) mass is 476 g/mol. The molecule has 4 rings (SSSR count). The number of nitrogens with one attached hydrogen (secondary N) is 1. The molecule has 4 aromatic rings. The lowest BCUT2D eigenvalue weighted by Gasteiger charge is -2.09. The second-order valence-electron chi connectivity index (χ2n) is 7.55. The van der Waals surface area contributed by atoms with E-state index in [1.807, 2.05) is 62.4 Å². The lowest BCUT2D eigenvalue weighted by molar-refractivity contribution is 0.102. The molecule has 1 N–H and O–H groups in total. The van der Waals surface area contributed by atoms with Gasteiger partial charge in [-0.25, -0.2) is 4.68 Å². The number of carbonyl (C=O) groups excluding carboxylic acids is 1. The van der Waals surface area contributed by atoms with Crippen molar-refractivity contribution >= 4 is 23.2 Å². The lowest BCUT2D eigenvalue weighted by atomic mass is 10.1. The van der Waals surface area contributed by atoms with E-state index in [4.69, 9.17) is 21.1 Å². The molecule has 3 aromatic carbocycles. The number of rotatable bonds is 9. The van der Waals surface area contributed by atoms with Gasteiger partial charge in [0.1, 0.15) is 6.61 Å². The van der Waals surface area contributed by atoms with Gasteiger partial charge in [0.2, 0.25) is 0 Å². The fraction of sp³-hybridized carbons (Fsp3) is 0.192. The highest BCUT2D eigenvalue weighted by Crippen LogP contribution is 2.25. The zero-order chi connectivity index (χ0) is 23.9. The molecule has 0 fully saturated rings. The van der Waals surface area contributed by atoms with Gasteiger partial charge in [0.15, 0.2) is 5.82 Å². The number of nitrogens with zero attached hydrogens (tertiary/aromatic N) is 3. The van der Waals surface area contributed by atoms with E-state index >= 15 is 0 Å². The number of ether oxygens (including phenoxy) is 2. The molecule has 0 unspecified atom stereocenters. The average molecular weight is 477 g/mol. The predicted molar refractivity (Wildman–Crippen MR) is 133 cm³/mol. The molecule has 0 aliphatic rings. The van der Waals surface area contributed by atoms with Crippen molar-refractivity contribution in [2.24, 2.45) is 0 Å². The van der Waals surface area contributed by atoms with Gasteiger partial charge in [0, 0.05) is 28.4 Å². The molecule has 0 radical (unpaired) electrons. The average Bonchev–Trinajstić information content (AvgIpc) is 3.27. The van der Waals surface area contributed by atoms with Crippen molar-refractivity contribution in [1.82, 2.24) is 14.8 Å². The van der Waals surface area contributed by atoms with Crippen LogP contribution >= 0.6 is 11.6 Å². The van der Waals surface area contributed by atoms with Crippen LogP contribution in [0.1, 0.15) is 22.8 Å². The smallest absolute Gasteiger partial charge is 0.336 e. The van der Waals surface area contributed by atoms with Gasteiger partial charge in [0.25, 0.3) is 5.91 Å². The SMILES string of the molecule is CCOCCOc1nc(-c2ccc(C)cc2)n(-c2ccc(NC(=O)c3ccc(Cl)cc3)cc2)n1. The molecular formula is C26H25ClN4O3. The van der Waals surface area contributed by atoms with E-state index < -0.39 is 0 Å². The highest BCUT2D eigenvalue weighted by atomic mass is 35.5. The molecule has 0 atom stereocenters. The van der Waals surface area contributed by atoms with Crippen molar-refractivity contribution in [3.63, 3.8) is 0 Å². The van der Waals surface area contributed by atoms with E-state index in [9.17, 15) is 4.79 Å². The maximum atomic E-state index is 12.5. The number of aryl methyl sites for hydroxylation is 1. The van der Waals surface area contributed by atoms with Gasteiger partial charge in [0.05, 0.1) is 12.3 Å². The molecule has 0 aliphatic carbocycles. The summed E-state index contributed by atoms with van der Waals surface area (Å²) in [6, 6.07) is 22.4. The molecule has 0 bridgehead atoms. The molecule has 1 aromatic heterocycles. The van der Waals surface area contributed by atoms with Crippen molar-refractivity contribution in [3.05, 3.63) is 88.9 Å². The number of carbonyl (C=O) groups is 1. The Balaban J connectivity index is 1.56. The summed E-state index contributed by atoms with van der Waals surface area (Å²) in [6.07, 6.45) is 0. The number of hydrogen-bond donors (Lipinski definition) is 1. The topological polar surface area (TPSA) is 78.3 Å². The van der Waals surface area contributed by atoms with Gasteiger partial charge in [-0.2, -0.15) is 4.98 Å². The number of benzene rings is 3. The fourth-order valence-electron chi connectivity index (χ4n) is 3.25.